The summed E-state index contributed by atoms with van der Waals surface area (Å²) in [5, 5.41) is -0.535. The number of halogens is 3. The Bertz CT molecular complexity index is 1300. The molecule has 4 aromatic rings. The molecule has 0 fully saturated rings. The van der Waals surface area contributed by atoms with Crippen LogP contribution in [0.25, 0.3) is 22.4 Å². The number of pyridine rings is 2. The SMILES string of the molecule is Cc1cccnc1-c1nc2ccnc(C(F)(F)F)c2c(=O)n1[C@H](C)Cc1ccccc1. The minimum absolute atomic E-state index is 0.0597. The van der Waals surface area contributed by atoms with Crippen molar-refractivity contribution >= 4 is 10.9 Å². The molecule has 0 amide bonds. The van der Waals surface area contributed by atoms with E-state index in [4.69, 9.17) is 0 Å². The molecule has 0 aliphatic heterocycles. The Morgan fingerprint density at radius 3 is 2.42 bits per heavy atom. The van der Waals surface area contributed by atoms with E-state index in [0.717, 1.165) is 17.3 Å². The smallest absolute Gasteiger partial charge is 0.288 e. The highest BCUT2D eigenvalue weighted by Gasteiger charge is 2.37. The Morgan fingerprint density at radius 2 is 1.74 bits per heavy atom. The summed E-state index contributed by atoms with van der Waals surface area (Å²) in [6.45, 7) is 3.60. The number of aromatic nitrogens is 4. The van der Waals surface area contributed by atoms with Gasteiger partial charge in [-0.3, -0.25) is 19.3 Å². The molecular formula is C23H19F3N4O. The van der Waals surface area contributed by atoms with E-state index in [1.165, 1.54) is 10.6 Å². The van der Waals surface area contributed by atoms with Crippen LogP contribution in [0.1, 0.15) is 29.8 Å². The van der Waals surface area contributed by atoms with Crippen molar-refractivity contribution < 1.29 is 13.2 Å². The highest BCUT2D eigenvalue weighted by atomic mass is 19.4. The van der Waals surface area contributed by atoms with Crippen LogP contribution in [0.5, 0.6) is 0 Å². The minimum Gasteiger partial charge on any atom is -0.288 e. The van der Waals surface area contributed by atoms with Gasteiger partial charge in [0.25, 0.3) is 5.56 Å². The molecule has 8 heteroatoms. The third-order valence-electron chi connectivity index (χ3n) is 5.12. The summed E-state index contributed by atoms with van der Waals surface area (Å²) in [5.41, 5.74) is 0.0936. The summed E-state index contributed by atoms with van der Waals surface area (Å²) < 4.78 is 42.2. The normalized spacial score (nSPS) is 12.8. The highest BCUT2D eigenvalue weighted by molar-refractivity contribution is 5.82. The molecule has 31 heavy (non-hydrogen) atoms. The van der Waals surface area contributed by atoms with Gasteiger partial charge in [0.05, 0.1) is 10.9 Å². The number of fused-ring (bicyclic) bond motifs is 1. The van der Waals surface area contributed by atoms with E-state index in [0.29, 0.717) is 12.1 Å². The maximum absolute atomic E-state index is 13.6. The maximum Gasteiger partial charge on any atom is 0.434 e. The lowest BCUT2D eigenvalue weighted by atomic mass is 10.1. The monoisotopic (exact) mass is 424 g/mol. The second-order valence-electron chi connectivity index (χ2n) is 7.37. The lowest BCUT2D eigenvalue weighted by Crippen LogP contribution is -2.30. The van der Waals surface area contributed by atoms with Crippen LogP contribution in [-0.4, -0.2) is 19.5 Å². The molecule has 1 aromatic carbocycles. The maximum atomic E-state index is 13.6. The number of alkyl halides is 3. The minimum atomic E-state index is -4.77. The van der Waals surface area contributed by atoms with Gasteiger partial charge in [0, 0.05) is 18.4 Å². The zero-order valence-corrected chi connectivity index (χ0v) is 16.9. The largest absolute Gasteiger partial charge is 0.434 e. The summed E-state index contributed by atoms with van der Waals surface area (Å²) in [6, 6.07) is 13.9. The Kier molecular flexibility index (Phi) is 5.31. The first-order chi connectivity index (χ1) is 14.8. The molecule has 0 spiro atoms. The molecule has 0 aliphatic rings. The molecule has 0 unspecified atom stereocenters. The lowest BCUT2D eigenvalue weighted by molar-refractivity contribution is -0.139. The van der Waals surface area contributed by atoms with Crippen LogP contribution in [0.4, 0.5) is 13.2 Å². The number of hydrogen-bond acceptors (Lipinski definition) is 4. The number of benzene rings is 1. The van der Waals surface area contributed by atoms with Crippen molar-refractivity contribution in [2.45, 2.75) is 32.5 Å². The summed E-state index contributed by atoms with van der Waals surface area (Å²) in [7, 11) is 0. The van der Waals surface area contributed by atoms with Crippen molar-refractivity contribution in [3.05, 3.63) is 88.1 Å². The zero-order valence-electron chi connectivity index (χ0n) is 16.9. The third-order valence-corrected chi connectivity index (χ3v) is 5.12. The Hall–Kier alpha value is -3.55. The topological polar surface area (TPSA) is 60.7 Å². The molecular weight excluding hydrogens is 405 g/mol. The van der Waals surface area contributed by atoms with Gasteiger partial charge in [-0.2, -0.15) is 13.2 Å². The van der Waals surface area contributed by atoms with Gasteiger partial charge in [0.2, 0.25) is 0 Å². The summed E-state index contributed by atoms with van der Waals surface area (Å²) >= 11 is 0. The number of hydrogen-bond donors (Lipinski definition) is 0. The molecule has 0 radical (unpaired) electrons. The number of rotatable bonds is 4. The molecule has 3 aromatic heterocycles. The van der Waals surface area contributed by atoms with Crippen molar-refractivity contribution in [1.82, 2.24) is 19.5 Å². The van der Waals surface area contributed by atoms with Crippen LogP contribution in [0.15, 0.2) is 65.7 Å². The summed E-state index contributed by atoms with van der Waals surface area (Å²) in [5.74, 6) is 0.235. The molecule has 0 N–H and O–H groups in total. The quantitative estimate of drug-likeness (QED) is 0.463. The zero-order chi connectivity index (χ0) is 22.2. The van der Waals surface area contributed by atoms with Crippen molar-refractivity contribution in [3.8, 4) is 11.5 Å². The average Bonchev–Trinajstić information content (AvgIpc) is 2.73. The fraction of sp³-hybridized carbons (Fsp3) is 0.217. The average molecular weight is 424 g/mol. The van der Waals surface area contributed by atoms with E-state index in [2.05, 4.69) is 15.0 Å². The van der Waals surface area contributed by atoms with Crippen LogP contribution in [-0.2, 0) is 12.6 Å². The van der Waals surface area contributed by atoms with Crippen LogP contribution >= 0.6 is 0 Å². The van der Waals surface area contributed by atoms with Crippen molar-refractivity contribution in [2.75, 3.05) is 0 Å². The molecule has 0 saturated heterocycles. The molecule has 5 nitrogen and oxygen atoms in total. The lowest BCUT2D eigenvalue weighted by Gasteiger charge is -2.21. The van der Waals surface area contributed by atoms with Gasteiger partial charge >= 0.3 is 6.18 Å². The second kappa shape index (κ2) is 7.94. The van der Waals surface area contributed by atoms with Crippen molar-refractivity contribution in [1.29, 1.82) is 0 Å². The van der Waals surface area contributed by atoms with Gasteiger partial charge in [-0.15, -0.1) is 0 Å². The van der Waals surface area contributed by atoms with Crippen LogP contribution < -0.4 is 5.56 Å². The van der Waals surface area contributed by atoms with Crippen molar-refractivity contribution in [3.63, 3.8) is 0 Å². The van der Waals surface area contributed by atoms with Gasteiger partial charge < -0.3 is 0 Å². The van der Waals surface area contributed by atoms with Gasteiger partial charge in [0.1, 0.15) is 5.69 Å². The number of aryl methyl sites for hydroxylation is 1. The van der Waals surface area contributed by atoms with E-state index >= 15 is 0 Å². The van der Waals surface area contributed by atoms with E-state index < -0.39 is 28.9 Å². The molecule has 3 heterocycles. The predicted molar refractivity (Wildman–Crippen MR) is 112 cm³/mol. The molecule has 0 aliphatic carbocycles. The second-order valence-corrected chi connectivity index (χ2v) is 7.37. The summed E-state index contributed by atoms with van der Waals surface area (Å²) in [4.78, 5) is 25.8. The van der Waals surface area contributed by atoms with Gasteiger partial charge in [0.15, 0.2) is 11.5 Å². The molecule has 0 bridgehead atoms. The highest BCUT2D eigenvalue weighted by Crippen LogP contribution is 2.32. The van der Waals surface area contributed by atoms with Crippen LogP contribution in [0.2, 0.25) is 0 Å². The molecule has 4 rings (SSSR count). The van der Waals surface area contributed by atoms with E-state index in [1.807, 2.05) is 43.3 Å². The first-order valence-electron chi connectivity index (χ1n) is 9.71. The summed E-state index contributed by atoms with van der Waals surface area (Å²) in [6.07, 6.45) is -1.75. The Morgan fingerprint density at radius 1 is 1.00 bits per heavy atom. The van der Waals surface area contributed by atoms with E-state index in [-0.39, 0.29) is 11.3 Å². The molecule has 0 saturated carbocycles. The fourth-order valence-corrected chi connectivity index (χ4v) is 3.70. The van der Waals surface area contributed by atoms with E-state index in [1.54, 1.807) is 19.2 Å². The molecule has 158 valence electrons. The number of nitrogens with zero attached hydrogens (tertiary/aromatic N) is 4. The standard InChI is InChI=1S/C23H19F3N4O/c1-14-7-6-11-27-19(14)21-29-17-10-12-28-20(23(24,25)26)18(17)22(31)30(21)15(2)13-16-8-4-3-5-9-16/h3-12,15H,13H2,1-2H3/t15-/m1/s1. The fourth-order valence-electron chi connectivity index (χ4n) is 3.70. The Balaban J connectivity index is 2.03. The predicted octanol–water partition coefficient (Wildman–Crippen LogP) is 4.98. The van der Waals surface area contributed by atoms with E-state index in [9.17, 15) is 18.0 Å². The van der Waals surface area contributed by atoms with Crippen LogP contribution in [0, 0.1) is 6.92 Å². The Labute approximate surface area is 176 Å². The van der Waals surface area contributed by atoms with Gasteiger partial charge in [-0.1, -0.05) is 36.4 Å². The molecule has 1 atom stereocenters. The first-order valence-corrected chi connectivity index (χ1v) is 9.71. The van der Waals surface area contributed by atoms with Gasteiger partial charge in [-0.05, 0) is 43.5 Å². The van der Waals surface area contributed by atoms with Crippen LogP contribution in [0.3, 0.4) is 0 Å². The van der Waals surface area contributed by atoms with Crippen molar-refractivity contribution in [2.24, 2.45) is 0 Å². The first kappa shape index (κ1) is 20.7. The van der Waals surface area contributed by atoms with Gasteiger partial charge in [-0.25, -0.2) is 4.98 Å². The third kappa shape index (κ3) is 3.93.